The molecule has 0 radical (unpaired) electrons. The van der Waals surface area contributed by atoms with Crippen molar-refractivity contribution < 1.29 is 19.4 Å². The van der Waals surface area contributed by atoms with Gasteiger partial charge in [0.2, 0.25) is 0 Å². The number of nitrogens with one attached hydrogen (secondary N) is 2. The molecule has 188 valence electrons. The van der Waals surface area contributed by atoms with Crippen LogP contribution >= 0.6 is 23.2 Å². The molecule has 4 aromatic carbocycles. The minimum atomic E-state index is -0.469. The number of rotatable bonds is 9. The standard InChI is InChI=1S/C28H23Cl2N3O4/c29-21-5-3-4-18(14-21)12-13-31-27(35)17-37-26-11-9-20(22-6-1-2-7-23(22)26)16-32-33-28(36)19-8-10-25(34)24(30)15-19/h1-11,14-16,34H,12-13,17H2,(H,31,35)(H,33,36). The summed E-state index contributed by atoms with van der Waals surface area (Å²) in [5.74, 6) is -0.247. The van der Waals surface area contributed by atoms with Gasteiger partial charge in [0.25, 0.3) is 11.8 Å². The number of amides is 2. The number of fused-ring (bicyclic) bond motifs is 1. The lowest BCUT2D eigenvalue weighted by atomic mass is 10.0. The van der Waals surface area contributed by atoms with Crippen LogP contribution in [0, 0.1) is 0 Å². The van der Waals surface area contributed by atoms with Gasteiger partial charge in [-0.15, -0.1) is 0 Å². The molecule has 0 fully saturated rings. The molecule has 4 rings (SSSR count). The van der Waals surface area contributed by atoms with E-state index in [-0.39, 0.29) is 28.8 Å². The Bertz CT molecular complexity index is 1470. The predicted molar refractivity (Wildman–Crippen MR) is 146 cm³/mol. The normalized spacial score (nSPS) is 11.0. The zero-order valence-electron chi connectivity index (χ0n) is 19.6. The molecule has 0 atom stereocenters. The summed E-state index contributed by atoms with van der Waals surface area (Å²) in [6, 6.07) is 22.7. The van der Waals surface area contributed by atoms with Crippen molar-refractivity contribution in [2.45, 2.75) is 6.42 Å². The highest BCUT2D eigenvalue weighted by atomic mass is 35.5. The number of hydrogen-bond donors (Lipinski definition) is 3. The van der Waals surface area contributed by atoms with E-state index in [0.29, 0.717) is 23.7 Å². The van der Waals surface area contributed by atoms with Gasteiger partial charge in [-0.3, -0.25) is 9.59 Å². The first-order valence-electron chi connectivity index (χ1n) is 11.4. The molecule has 0 aromatic heterocycles. The van der Waals surface area contributed by atoms with Gasteiger partial charge in [-0.1, -0.05) is 59.6 Å². The number of carbonyl (C=O) groups excluding carboxylic acids is 2. The average Bonchev–Trinajstić information content (AvgIpc) is 2.89. The van der Waals surface area contributed by atoms with Gasteiger partial charge in [-0.05, 0) is 59.8 Å². The van der Waals surface area contributed by atoms with E-state index in [4.69, 9.17) is 27.9 Å². The van der Waals surface area contributed by atoms with Gasteiger partial charge in [-0.25, -0.2) is 5.43 Å². The summed E-state index contributed by atoms with van der Waals surface area (Å²) in [5.41, 5.74) is 4.50. The Morgan fingerprint density at radius 1 is 0.946 bits per heavy atom. The Kier molecular flexibility index (Phi) is 8.61. The van der Waals surface area contributed by atoms with Crippen molar-refractivity contribution >= 4 is 52.0 Å². The largest absolute Gasteiger partial charge is 0.506 e. The zero-order chi connectivity index (χ0) is 26.2. The zero-order valence-corrected chi connectivity index (χ0v) is 21.1. The number of carbonyl (C=O) groups is 2. The molecule has 0 saturated carbocycles. The molecule has 0 bridgehead atoms. The SMILES string of the molecule is O=C(COc1ccc(C=NNC(=O)c2ccc(O)c(Cl)c2)c2ccccc12)NCCc1cccc(Cl)c1. The maximum atomic E-state index is 12.3. The van der Waals surface area contributed by atoms with Crippen molar-refractivity contribution in [3.05, 3.63) is 106 Å². The number of nitrogens with zero attached hydrogens (tertiary/aromatic N) is 1. The molecular weight excluding hydrogens is 513 g/mol. The van der Waals surface area contributed by atoms with Gasteiger partial charge in [0.1, 0.15) is 11.5 Å². The van der Waals surface area contributed by atoms with E-state index in [1.165, 1.54) is 24.4 Å². The van der Waals surface area contributed by atoms with E-state index < -0.39 is 5.91 Å². The molecule has 0 saturated heterocycles. The molecule has 0 aliphatic carbocycles. The van der Waals surface area contributed by atoms with E-state index in [9.17, 15) is 14.7 Å². The van der Waals surface area contributed by atoms with Crippen LogP contribution in [0.5, 0.6) is 11.5 Å². The highest BCUT2D eigenvalue weighted by molar-refractivity contribution is 6.32. The van der Waals surface area contributed by atoms with Crippen LogP contribution in [-0.4, -0.2) is 36.3 Å². The first kappa shape index (κ1) is 26.0. The second-order valence-electron chi connectivity index (χ2n) is 8.08. The van der Waals surface area contributed by atoms with Crippen molar-refractivity contribution in [2.24, 2.45) is 5.10 Å². The van der Waals surface area contributed by atoms with E-state index in [0.717, 1.165) is 21.9 Å². The molecular formula is C28H23Cl2N3O4. The summed E-state index contributed by atoms with van der Waals surface area (Å²) in [5, 5.41) is 18.8. The van der Waals surface area contributed by atoms with E-state index in [1.54, 1.807) is 12.1 Å². The van der Waals surface area contributed by atoms with Gasteiger partial charge >= 0.3 is 0 Å². The summed E-state index contributed by atoms with van der Waals surface area (Å²) in [6.45, 7) is 0.346. The molecule has 7 nitrogen and oxygen atoms in total. The molecule has 0 heterocycles. The van der Waals surface area contributed by atoms with Crippen molar-refractivity contribution in [3.8, 4) is 11.5 Å². The first-order chi connectivity index (χ1) is 17.9. The fraction of sp³-hybridized carbons (Fsp3) is 0.107. The van der Waals surface area contributed by atoms with Crippen LogP contribution in [0.3, 0.4) is 0 Å². The highest BCUT2D eigenvalue weighted by Gasteiger charge is 2.10. The summed E-state index contributed by atoms with van der Waals surface area (Å²) in [4.78, 5) is 24.6. The number of phenolic OH excluding ortho intramolecular Hbond substituents is 1. The Morgan fingerprint density at radius 3 is 2.54 bits per heavy atom. The van der Waals surface area contributed by atoms with Crippen LogP contribution in [0.1, 0.15) is 21.5 Å². The Morgan fingerprint density at radius 2 is 1.76 bits per heavy atom. The third kappa shape index (κ3) is 7.00. The Labute approximate surface area is 223 Å². The Balaban J connectivity index is 1.36. The van der Waals surface area contributed by atoms with Crippen LogP contribution in [0.4, 0.5) is 0 Å². The third-order valence-electron chi connectivity index (χ3n) is 5.48. The quantitative estimate of drug-likeness (QED) is 0.198. The van der Waals surface area contributed by atoms with Crippen LogP contribution < -0.4 is 15.5 Å². The smallest absolute Gasteiger partial charge is 0.271 e. The minimum absolute atomic E-state index is 0.0769. The monoisotopic (exact) mass is 535 g/mol. The number of halogens is 2. The molecule has 0 aliphatic rings. The fourth-order valence-corrected chi connectivity index (χ4v) is 4.03. The summed E-state index contributed by atoms with van der Waals surface area (Å²) in [7, 11) is 0. The topological polar surface area (TPSA) is 100 Å². The van der Waals surface area contributed by atoms with Gasteiger partial charge in [0.05, 0.1) is 11.2 Å². The molecule has 0 unspecified atom stereocenters. The maximum Gasteiger partial charge on any atom is 0.271 e. The number of phenols is 1. The van der Waals surface area contributed by atoms with Crippen LogP contribution in [0.2, 0.25) is 10.0 Å². The molecule has 9 heteroatoms. The highest BCUT2D eigenvalue weighted by Crippen LogP contribution is 2.28. The van der Waals surface area contributed by atoms with E-state index in [2.05, 4.69) is 15.8 Å². The molecule has 0 aliphatic heterocycles. The molecule has 0 spiro atoms. The maximum absolute atomic E-state index is 12.3. The summed E-state index contributed by atoms with van der Waals surface area (Å²) < 4.78 is 5.80. The number of aromatic hydroxyl groups is 1. The minimum Gasteiger partial charge on any atom is -0.506 e. The molecule has 2 amide bonds. The lowest BCUT2D eigenvalue weighted by molar-refractivity contribution is -0.123. The number of hydrogen-bond acceptors (Lipinski definition) is 5. The van der Waals surface area contributed by atoms with Gasteiger partial charge in [0.15, 0.2) is 6.61 Å². The lowest BCUT2D eigenvalue weighted by Gasteiger charge is -2.11. The second-order valence-corrected chi connectivity index (χ2v) is 8.93. The Hall–Kier alpha value is -4.07. The third-order valence-corrected chi connectivity index (χ3v) is 6.02. The van der Waals surface area contributed by atoms with E-state index >= 15 is 0 Å². The first-order valence-corrected chi connectivity index (χ1v) is 12.1. The van der Waals surface area contributed by atoms with Crippen molar-refractivity contribution in [1.29, 1.82) is 0 Å². The fourth-order valence-electron chi connectivity index (χ4n) is 3.64. The molecule has 4 aromatic rings. The second kappa shape index (κ2) is 12.3. The van der Waals surface area contributed by atoms with Crippen LogP contribution in [0.15, 0.2) is 84.0 Å². The summed E-state index contributed by atoms with van der Waals surface area (Å²) in [6.07, 6.45) is 2.19. The van der Waals surface area contributed by atoms with Crippen molar-refractivity contribution in [1.82, 2.24) is 10.7 Å². The summed E-state index contributed by atoms with van der Waals surface area (Å²) >= 11 is 11.9. The number of hydrazone groups is 1. The van der Waals surface area contributed by atoms with Gasteiger partial charge in [0, 0.05) is 28.1 Å². The number of ether oxygens (including phenoxy) is 1. The molecule has 3 N–H and O–H groups in total. The van der Waals surface area contributed by atoms with Crippen LogP contribution in [0.25, 0.3) is 10.8 Å². The molecule has 37 heavy (non-hydrogen) atoms. The average molecular weight is 536 g/mol. The predicted octanol–water partition coefficient (Wildman–Crippen LogP) is 5.35. The van der Waals surface area contributed by atoms with Gasteiger partial charge < -0.3 is 15.2 Å². The van der Waals surface area contributed by atoms with Crippen molar-refractivity contribution in [3.63, 3.8) is 0 Å². The van der Waals surface area contributed by atoms with Crippen molar-refractivity contribution in [2.75, 3.05) is 13.2 Å². The van der Waals surface area contributed by atoms with E-state index in [1.807, 2.05) is 48.5 Å². The number of benzene rings is 4. The lowest BCUT2D eigenvalue weighted by Crippen LogP contribution is -2.30. The van der Waals surface area contributed by atoms with Crippen LogP contribution in [-0.2, 0) is 11.2 Å². The van der Waals surface area contributed by atoms with Gasteiger partial charge in [-0.2, -0.15) is 5.10 Å².